The predicted octanol–water partition coefficient (Wildman–Crippen LogP) is 5.68. The smallest absolute Gasteiger partial charge is 0.141 e. The van der Waals surface area contributed by atoms with Crippen LogP contribution < -0.4 is 5.32 Å². The van der Waals surface area contributed by atoms with Crippen molar-refractivity contribution in [1.29, 1.82) is 0 Å². The fraction of sp³-hybridized carbons (Fsp3) is 0.111. The molecule has 118 valence electrons. The summed E-state index contributed by atoms with van der Waals surface area (Å²) in [4.78, 5) is 0. The quantitative estimate of drug-likeness (QED) is 0.640. The minimum Gasteiger partial charge on any atom is -0.460 e. The van der Waals surface area contributed by atoms with E-state index >= 15 is 0 Å². The summed E-state index contributed by atoms with van der Waals surface area (Å²) in [6, 6.07) is 15.9. The molecule has 1 heterocycles. The summed E-state index contributed by atoms with van der Waals surface area (Å²) in [5, 5.41) is 4.10. The van der Waals surface area contributed by atoms with Crippen molar-refractivity contribution in [3.8, 4) is 11.3 Å². The van der Waals surface area contributed by atoms with E-state index in [4.69, 9.17) is 27.6 Å². The molecule has 2 aromatic carbocycles. The van der Waals surface area contributed by atoms with E-state index in [9.17, 15) is 4.39 Å². The van der Waals surface area contributed by atoms with Crippen LogP contribution in [0.25, 0.3) is 11.3 Å². The van der Waals surface area contributed by atoms with Gasteiger partial charge in [0.2, 0.25) is 0 Å². The fourth-order valence-corrected chi connectivity index (χ4v) is 2.62. The lowest BCUT2D eigenvalue weighted by Gasteiger charge is -2.05. The van der Waals surface area contributed by atoms with Crippen molar-refractivity contribution in [2.45, 2.75) is 13.1 Å². The maximum atomic E-state index is 13.2. The van der Waals surface area contributed by atoms with Crippen LogP contribution in [0.4, 0.5) is 4.39 Å². The molecule has 0 spiro atoms. The minimum atomic E-state index is -0.441. The van der Waals surface area contributed by atoms with Crippen molar-refractivity contribution in [3.05, 3.63) is 81.8 Å². The highest BCUT2D eigenvalue weighted by atomic mass is 35.5. The number of furan rings is 1. The third kappa shape index (κ3) is 3.94. The zero-order valence-corrected chi connectivity index (χ0v) is 13.7. The lowest BCUT2D eigenvalue weighted by atomic mass is 10.2. The van der Waals surface area contributed by atoms with Gasteiger partial charge in [-0.15, -0.1) is 0 Å². The molecule has 0 fully saturated rings. The summed E-state index contributed by atoms with van der Waals surface area (Å²) in [7, 11) is 0. The third-order valence-corrected chi connectivity index (χ3v) is 4.10. The van der Waals surface area contributed by atoms with Gasteiger partial charge in [0.25, 0.3) is 0 Å². The molecule has 0 saturated carbocycles. The Morgan fingerprint density at radius 2 is 1.74 bits per heavy atom. The maximum absolute atomic E-state index is 13.2. The first-order chi connectivity index (χ1) is 11.1. The second kappa shape index (κ2) is 7.18. The summed E-state index contributed by atoms with van der Waals surface area (Å²) < 4.78 is 19.0. The molecule has 2 nitrogen and oxygen atoms in total. The highest BCUT2D eigenvalue weighted by molar-refractivity contribution is 6.31. The molecule has 0 amide bonds. The van der Waals surface area contributed by atoms with Crippen LogP contribution in [0, 0.1) is 5.82 Å². The first kappa shape index (κ1) is 16.1. The Labute approximate surface area is 143 Å². The van der Waals surface area contributed by atoms with Crippen molar-refractivity contribution in [1.82, 2.24) is 5.32 Å². The lowest BCUT2D eigenvalue weighted by molar-refractivity contribution is 0.493. The number of hydrogen-bond acceptors (Lipinski definition) is 2. The lowest BCUT2D eigenvalue weighted by Crippen LogP contribution is -2.12. The zero-order chi connectivity index (χ0) is 16.2. The number of hydrogen-bond donors (Lipinski definition) is 1. The summed E-state index contributed by atoms with van der Waals surface area (Å²) in [5.74, 6) is 0.998. The van der Waals surface area contributed by atoms with Crippen LogP contribution in [-0.4, -0.2) is 0 Å². The SMILES string of the molecule is Fc1ccc(-c2ccc(CNCc3ccccc3Cl)o2)cc1Cl. The van der Waals surface area contributed by atoms with Crippen LogP contribution in [0.2, 0.25) is 10.0 Å². The maximum Gasteiger partial charge on any atom is 0.141 e. The van der Waals surface area contributed by atoms with Crippen molar-refractivity contribution < 1.29 is 8.81 Å². The monoisotopic (exact) mass is 349 g/mol. The third-order valence-electron chi connectivity index (χ3n) is 3.44. The molecular weight excluding hydrogens is 336 g/mol. The zero-order valence-electron chi connectivity index (χ0n) is 12.2. The molecule has 0 unspecified atom stereocenters. The molecule has 0 saturated heterocycles. The van der Waals surface area contributed by atoms with E-state index in [2.05, 4.69) is 5.32 Å². The largest absolute Gasteiger partial charge is 0.460 e. The molecule has 0 bridgehead atoms. The molecule has 3 rings (SSSR count). The highest BCUT2D eigenvalue weighted by Gasteiger charge is 2.08. The summed E-state index contributed by atoms with van der Waals surface area (Å²) in [6.07, 6.45) is 0. The number of nitrogens with one attached hydrogen (secondary N) is 1. The highest BCUT2D eigenvalue weighted by Crippen LogP contribution is 2.26. The van der Waals surface area contributed by atoms with Crippen molar-refractivity contribution in [2.75, 3.05) is 0 Å². The molecule has 23 heavy (non-hydrogen) atoms. The van der Waals surface area contributed by atoms with Crippen LogP contribution >= 0.6 is 23.2 Å². The molecule has 0 aliphatic carbocycles. The van der Waals surface area contributed by atoms with E-state index in [1.165, 1.54) is 6.07 Å². The molecule has 3 aromatic rings. The molecule has 0 atom stereocenters. The van der Waals surface area contributed by atoms with Gasteiger partial charge in [0, 0.05) is 17.1 Å². The molecule has 1 aromatic heterocycles. The van der Waals surface area contributed by atoms with Gasteiger partial charge in [-0.25, -0.2) is 4.39 Å². The van der Waals surface area contributed by atoms with Gasteiger partial charge in [0.15, 0.2) is 0 Å². The Hall–Kier alpha value is -1.81. The van der Waals surface area contributed by atoms with Crippen LogP contribution in [0.15, 0.2) is 59.0 Å². The summed E-state index contributed by atoms with van der Waals surface area (Å²) in [6.45, 7) is 1.22. The Bertz CT molecular complexity index is 816. The molecule has 0 aliphatic heterocycles. The standard InChI is InChI=1S/C18H14Cl2FNO/c19-15-4-2-1-3-13(15)10-22-11-14-6-8-18(23-14)12-5-7-17(21)16(20)9-12/h1-9,22H,10-11H2. The number of halogens is 3. The molecule has 0 aliphatic rings. The normalized spacial score (nSPS) is 10.9. The average Bonchev–Trinajstić information content (AvgIpc) is 3.01. The van der Waals surface area contributed by atoms with E-state index in [1.807, 2.05) is 36.4 Å². The van der Waals surface area contributed by atoms with Crippen molar-refractivity contribution in [2.24, 2.45) is 0 Å². The molecule has 0 radical (unpaired) electrons. The summed E-state index contributed by atoms with van der Waals surface area (Å²) >= 11 is 11.9. The average molecular weight is 350 g/mol. The van der Waals surface area contributed by atoms with Gasteiger partial charge in [-0.3, -0.25) is 0 Å². The Morgan fingerprint density at radius 3 is 2.52 bits per heavy atom. The molecule has 5 heteroatoms. The van der Waals surface area contributed by atoms with E-state index < -0.39 is 5.82 Å². The number of benzene rings is 2. The van der Waals surface area contributed by atoms with Gasteiger partial charge in [-0.2, -0.15) is 0 Å². The Kier molecular flexibility index (Phi) is 5.01. The molecule has 1 N–H and O–H groups in total. The van der Waals surface area contributed by atoms with Crippen LogP contribution in [0.5, 0.6) is 0 Å². The minimum absolute atomic E-state index is 0.0808. The first-order valence-corrected chi connectivity index (χ1v) is 7.87. The topological polar surface area (TPSA) is 25.2 Å². The first-order valence-electron chi connectivity index (χ1n) is 7.12. The second-order valence-electron chi connectivity index (χ2n) is 5.09. The van der Waals surface area contributed by atoms with Gasteiger partial charge in [-0.05, 0) is 42.0 Å². The predicted molar refractivity (Wildman–Crippen MR) is 91.1 cm³/mol. The van der Waals surface area contributed by atoms with Gasteiger partial charge in [-0.1, -0.05) is 41.4 Å². The van der Waals surface area contributed by atoms with Gasteiger partial charge in [0.05, 0.1) is 11.6 Å². The van der Waals surface area contributed by atoms with Crippen LogP contribution in [0.3, 0.4) is 0 Å². The fourth-order valence-electron chi connectivity index (χ4n) is 2.24. The van der Waals surface area contributed by atoms with E-state index in [1.54, 1.807) is 12.1 Å². The van der Waals surface area contributed by atoms with E-state index in [0.717, 1.165) is 21.9 Å². The Balaban J connectivity index is 1.63. The second-order valence-corrected chi connectivity index (χ2v) is 5.90. The van der Waals surface area contributed by atoms with Crippen LogP contribution in [0.1, 0.15) is 11.3 Å². The molecular formula is C18H14Cl2FNO. The van der Waals surface area contributed by atoms with E-state index in [0.29, 0.717) is 18.8 Å². The Morgan fingerprint density at radius 1 is 0.913 bits per heavy atom. The van der Waals surface area contributed by atoms with Crippen molar-refractivity contribution >= 4 is 23.2 Å². The van der Waals surface area contributed by atoms with Gasteiger partial charge in [0.1, 0.15) is 17.3 Å². The van der Waals surface area contributed by atoms with Gasteiger partial charge < -0.3 is 9.73 Å². The van der Waals surface area contributed by atoms with E-state index in [-0.39, 0.29) is 5.02 Å². The van der Waals surface area contributed by atoms with Gasteiger partial charge >= 0.3 is 0 Å². The van der Waals surface area contributed by atoms with Crippen LogP contribution in [-0.2, 0) is 13.1 Å². The van der Waals surface area contributed by atoms with Crippen molar-refractivity contribution in [3.63, 3.8) is 0 Å². The summed E-state index contributed by atoms with van der Waals surface area (Å²) in [5.41, 5.74) is 1.78. The number of rotatable bonds is 5.